The Hall–Kier alpha value is -3.67. The summed E-state index contributed by atoms with van der Waals surface area (Å²) >= 11 is 0. The van der Waals surface area contributed by atoms with Crippen LogP contribution in [0.15, 0.2) is 97.2 Å². The minimum Gasteiger partial charge on any atom is -0.462 e. The van der Waals surface area contributed by atoms with Crippen LogP contribution < -0.4 is 0 Å². The molecule has 394 valence electrons. The second-order valence-electron chi connectivity index (χ2n) is 18.8. The van der Waals surface area contributed by atoms with Crippen molar-refractivity contribution in [2.45, 2.75) is 271 Å². The molecule has 0 heterocycles. The van der Waals surface area contributed by atoms with E-state index in [1.807, 2.05) is 0 Å². The average molecular weight is 960 g/mol. The predicted molar refractivity (Wildman–Crippen MR) is 297 cm³/mol. The van der Waals surface area contributed by atoms with Gasteiger partial charge in [0.05, 0.1) is 0 Å². The highest BCUT2D eigenvalue weighted by molar-refractivity contribution is 5.71. The Morgan fingerprint density at radius 1 is 0.304 bits per heavy atom. The number of hydrogen-bond acceptors (Lipinski definition) is 6. The normalized spacial score (nSPS) is 12.8. The number of esters is 3. The average Bonchev–Trinajstić information content (AvgIpc) is 3.35. The largest absolute Gasteiger partial charge is 0.462 e. The minimum absolute atomic E-state index is 0.0836. The quantitative estimate of drug-likeness (QED) is 0.0262. The standard InChI is InChI=1S/C63H106O6/c1-4-7-10-13-16-18-20-22-24-26-28-29-30-31-32-33-35-36-38-40-42-44-47-50-53-56-62(65)68-59-60(58-67-61(64)55-52-49-46-15-12-9-6-3)69-63(66)57-54-51-48-45-43-41-39-37-34-27-25-23-21-19-17-14-11-8-5-2/h7,10,16-19,22-25,28-29,31-32,35-36,60H,4-6,8-9,11-15,20-21,26-27,30,33-34,37-59H2,1-3H3/b10-7-,18-16-,19-17-,24-22-,25-23-,29-28-,32-31-,36-35-. The number of unbranched alkanes of at least 4 members (excludes halogenated alkanes) is 24. The summed E-state index contributed by atoms with van der Waals surface area (Å²) in [5, 5.41) is 0. The molecule has 0 aromatic heterocycles. The van der Waals surface area contributed by atoms with Crippen molar-refractivity contribution in [1.82, 2.24) is 0 Å². The van der Waals surface area contributed by atoms with Gasteiger partial charge in [-0.1, -0.05) is 240 Å². The zero-order chi connectivity index (χ0) is 50.0. The van der Waals surface area contributed by atoms with Crippen molar-refractivity contribution < 1.29 is 28.6 Å². The summed E-state index contributed by atoms with van der Waals surface area (Å²) in [5.74, 6) is -0.907. The van der Waals surface area contributed by atoms with Crippen LogP contribution in [-0.2, 0) is 28.6 Å². The molecule has 0 saturated heterocycles. The Balaban J connectivity index is 4.24. The van der Waals surface area contributed by atoms with Gasteiger partial charge in [0, 0.05) is 19.3 Å². The fourth-order valence-electron chi connectivity index (χ4n) is 7.77. The van der Waals surface area contributed by atoms with Gasteiger partial charge in [-0.3, -0.25) is 14.4 Å². The maximum Gasteiger partial charge on any atom is 0.306 e. The number of allylic oxidation sites excluding steroid dienone is 16. The molecule has 1 atom stereocenters. The molecular weight excluding hydrogens is 853 g/mol. The molecule has 0 fully saturated rings. The number of carbonyl (C=O) groups excluding carboxylic acids is 3. The Morgan fingerprint density at radius 2 is 0.565 bits per heavy atom. The summed E-state index contributed by atoms with van der Waals surface area (Å²) in [7, 11) is 0. The molecule has 0 rings (SSSR count). The van der Waals surface area contributed by atoms with Crippen LogP contribution in [0.4, 0.5) is 0 Å². The van der Waals surface area contributed by atoms with Crippen LogP contribution in [-0.4, -0.2) is 37.2 Å². The summed E-state index contributed by atoms with van der Waals surface area (Å²) in [6.45, 7) is 6.45. The van der Waals surface area contributed by atoms with Crippen molar-refractivity contribution in [3.8, 4) is 0 Å². The summed E-state index contributed by atoms with van der Waals surface area (Å²) in [4.78, 5) is 38.0. The molecular formula is C63H106O6. The lowest BCUT2D eigenvalue weighted by atomic mass is 10.1. The molecule has 0 N–H and O–H groups in total. The summed E-state index contributed by atoms with van der Waals surface area (Å²) in [5.41, 5.74) is 0. The topological polar surface area (TPSA) is 78.9 Å². The first-order chi connectivity index (χ1) is 34.0. The lowest BCUT2D eigenvalue weighted by Gasteiger charge is -2.18. The van der Waals surface area contributed by atoms with Crippen LogP contribution in [0.5, 0.6) is 0 Å². The van der Waals surface area contributed by atoms with Gasteiger partial charge in [0.1, 0.15) is 13.2 Å². The van der Waals surface area contributed by atoms with E-state index in [9.17, 15) is 14.4 Å². The number of hydrogen-bond donors (Lipinski definition) is 0. The minimum atomic E-state index is -0.784. The summed E-state index contributed by atoms with van der Waals surface area (Å²) in [6, 6.07) is 0. The molecule has 0 aliphatic rings. The molecule has 0 spiro atoms. The van der Waals surface area contributed by atoms with Crippen LogP contribution in [0, 0.1) is 0 Å². The third kappa shape index (κ3) is 55.1. The zero-order valence-electron chi connectivity index (χ0n) is 45.0. The maximum absolute atomic E-state index is 12.8. The van der Waals surface area contributed by atoms with E-state index in [0.29, 0.717) is 19.3 Å². The Bertz CT molecular complexity index is 1380. The van der Waals surface area contributed by atoms with Gasteiger partial charge in [0.2, 0.25) is 0 Å². The second kappa shape index (κ2) is 56.9. The van der Waals surface area contributed by atoms with E-state index in [4.69, 9.17) is 14.2 Å². The molecule has 0 amide bonds. The van der Waals surface area contributed by atoms with Crippen molar-refractivity contribution in [1.29, 1.82) is 0 Å². The summed E-state index contributed by atoms with van der Waals surface area (Å²) in [6.07, 6.45) is 75.6. The third-order valence-corrected chi connectivity index (χ3v) is 12.1. The smallest absolute Gasteiger partial charge is 0.306 e. The van der Waals surface area contributed by atoms with Gasteiger partial charge in [-0.2, -0.15) is 0 Å². The number of rotatable bonds is 51. The Morgan fingerprint density at radius 3 is 0.913 bits per heavy atom. The molecule has 69 heavy (non-hydrogen) atoms. The fraction of sp³-hybridized carbons (Fsp3) is 0.698. The SMILES string of the molecule is CC/C=C\C/C=C\C/C=C\C/C=C\C/C=C\C/C=C\CCCCCCCCC(=O)OCC(COC(=O)CCCCCCCCC)OC(=O)CCCCCCCCCCC/C=C\C/C=C\CCCCC. The van der Waals surface area contributed by atoms with Crippen LogP contribution in [0.3, 0.4) is 0 Å². The van der Waals surface area contributed by atoms with Gasteiger partial charge in [0.15, 0.2) is 6.10 Å². The van der Waals surface area contributed by atoms with Crippen LogP contribution >= 0.6 is 0 Å². The number of carbonyl (C=O) groups is 3. The lowest BCUT2D eigenvalue weighted by molar-refractivity contribution is -0.167. The van der Waals surface area contributed by atoms with E-state index in [0.717, 1.165) is 116 Å². The van der Waals surface area contributed by atoms with Gasteiger partial charge < -0.3 is 14.2 Å². The van der Waals surface area contributed by atoms with Gasteiger partial charge >= 0.3 is 17.9 Å². The first kappa shape index (κ1) is 65.3. The molecule has 6 heteroatoms. The van der Waals surface area contributed by atoms with Gasteiger partial charge in [-0.25, -0.2) is 0 Å². The molecule has 0 aromatic carbocycles. The summed E-state index contributed by atoms with van der Waals surface area (Å²) < 4.78 is 16.8. The predicted octanol–water partition coefficient (Wildman–Crippen LogP) is 19.3. The lowest BCUT2D eigenvalue weighted by Crippen LogP contribution is -2.30. The molecule has 0 aliphatic carbocycles. The van der Waals surface area contributed by atoms with Crippen LogP contribution in [0.1, 0.15) is 265 Å². The van der Waals surface area contributed by atoms with Crippen LogP contribution in [0.25, 0.3) is 0 Å². The molecule has 0 bridgehead atoms. The van der Waals surface area contributed by atoms with E-state index in [2.05, 4.69) is 118 Å². The fourth-order valence-corrected chi connectivity index (χ4v) is 7.77. The molecule has 0 aromatic rings. The molecule has 0 radical (unpaired) electrons. The van der Waals surface area contributed by atoms with Crippen LogP contribution in [0.2, 0.25) is 0 Å². The highest BCUT2D eigenvalue weighted by Crippen LogP contribution is 2.15. The van der Waals surface area contributed by atoms with E-state index < -0.39 is 6.10 Å². The Kier molecular flexibility index (Phi) is 53.9. The first-order valence-corrected chi connectivity index (χ1v) is 28.7. The van der Waals surface area contributed by atoms with Gasteiger partial charge in [0.25, 0.3) is 0 Å². The first-order valence-electron chi connectivity index (χ1n) is 28.7. The number of ether oxygens (including phenoxy) is 3. The van der Waals surface area contributed by atoms with E-state index in [1.165, 1.54) is 109 Å². The highest BCUT2D eigenvalue weighted by Gasteiger charge is 2.19. The third-order valence-electron chi connectivity index (χ3n) is 12.1. The van der Waals surface area contributed by atoms with Crippen molar-refractivity contribution in [3.63, 3.8) is 0 Å². The van der Waals surface area contributed by atoms with Crippen molar-refractivity contribution >= 4 is 17.9 Å². The molecule has 6 nitrogen and oxygen atoms in total. The van der Waals surface area contributed by atoms with E-state index >= 15 is 0 Å². The molecule has 1 unspecified atom stereocenters. The zero-order valence-corrected chi connectivity index (χ0v) is 45.0. The maximum atomic E-state index is 12.8. The second-order valence-corrected chi connectivity index (χ2v) is 18.8. The van der Waals surface area contributed by atoms with E-state index in [-0.39, 0.29) is 31.1 Å². The molecule has 0 aliphatic heterocycles. The van der Waals surface area contributed by atoms with Crippen molar-refractivity contribution in [3.05, 3.63) is 97.2 Å². The highest BCUT2D eigenvalue weighted by atomic mass is 16.6. The van der Waals surface area contributed by atoms with Crippen molar-refractivity contribution in [2.75, 3.05) is 13.2 Å². The Labute approximate surface area is 426 Å². The van der Waals surface area contributed by atoms with Gasteiger partial charge in [-0.15, -0.1) is 0 Å². The van der Waals surface area contributed by atoms with E-state index in [1.54, 1.807) is 0 Å². The van der Waals surface area contributed by atoms with Crippen molar-refractivity contribution in [2.24, 2.45) is 0 Å². The monoisotopic (exact) mass is 959 g/mol. The molecule has 0 saturated carbocycles. The van der Waals surface area contributed by atoms with Gasteiger partial charge in [-0.05, 0) is 103 Å².